The van der Waals surface area contributed by atoms with Gasteiger partial charge in [-0.15, -0.1) is 11.8 Å². The lowest BCUT2D eigenvalue weighted by atomic mass is 10.2. The fourth-order valence-corrected chi connectivity index (χ4v) is 2.79. The average Bonchev–Trinajstić information content (AvgIpc) is 2.58. The summed E-state index contributed by atoms with van der Waals surface area (Å²) in [6.07, 6.45) is 1.49. The summed E-state index contributed by atoms with van der Waals surface area (Å²) in [7, 11) is 1.47. The fourth-order valence-electron chi connectivity index (χ4n) is 1.81. The van der Waals surface area contributed by atoms with Crippen molar-refractivity contribution in [2.24, 2.45) is 5.10 Å². The van der Waals surface area contributed by atoms with Crippen LogP contribution in [-0.2, 0) is 4.79 Å². The fraction of sp³-hybridized carbons (Fsp3) is 0.176. The summed E-state index contributed by atoms with van der Waals surface area (Å²) in [6, 6.07) is 12.1. The zero-order valence-electron chi connectivity index (χ0n) is 13.2. The molecule has 0 aliphatic heterocycles. The molecule has 24 heavy (non-hydrogen) atoms. The van der Waals surface area contributed by atoms with Crippen LogP contribution in [0, 0.1) is 0 Å². The number of nitrogens with zero attached hydrogens (tertiary/aromatic N) is 1. The topological polar surface area (TPSA) is 70.9 Å². The van der Waals surface area contributed by atoms with Crippen LogP contribution in [-0.4, -0.2) is 29.6 Å². The third-order valence-corrected chi connectivity index (χ3v) is 4.45. The van der Waals surface area contributed by atoms with E-state index in [1.54, 1.807) is 31.2 Å². The van der Waals surface area contributed by atoms with Crippen LogP contribution in [0.5, 0.6) is 11.5 Å². The number of phenols is 1. The van der Waals surface area contributed by atoms with Crippen LogP contribution >= 0.6 is 23.4 Å². The number of hydrogen-bond acceptors (Lipinski definition) is 5. The summed E-state index contributed by atoms with van der Waals surface area (Å²) in [6.45, 7) is 1.80. The van der Waals surface area contributed by atoms with Crippen molar-refractivity contribution in [3.63, 3.8) is 0 Å². The van der Waals surface area contributed by atoms with Crippen molar-refractivity contribution in [1.29, 1.82) is 0 Å². The van der Waals surface area contributed by atoms with Gasteiger partial charge in [0.25, 0.3) is 5.91 Å². The molecule has 126 valence electrons. The molecule has 2 N–H and O–H groups in total. The van der Waals surface area contributed by atoms with Crippen LogP contribution in [0.4, 0.5) is 0 Å². The summed E-state index contributed by atoms with van der Waals surface area (Å²) >= 11 is 7.25. The monoisotopic (exact) mass is 364 g/mol. The second-order valence-corrected chi connectivity index (χ2v) is 6.73. The Bertz CT molecular complexity index is 735. The highest BCUT2D eigenvalue weighted by molar-refractivity contribution is 8.00. The summed E-state index contributed by atoms with van der Waals surface area (Å²) < 4.78 is 5.01. The number of benzene rings is 2. The van der Waals surface area contributed by atoms with Gasteiger partial charge in [-0.3, -0.25) is 4.79 Å². The van der Waals surface area contributed by atoms with Gasteiger partial charge in [0.1, 0.15) is 0 Å². The van der Waals surface area contributed by atoms with E-state index in [0.29, 0.717) is 16.3 Å². The molecule has 0 saturated heterocycles. The maximum Gasteiger partial charge on any atom is 0.253 e. The number of carbonyl (C=O) groups is 1. The minimum Gasteiger partial charge on any atom is -0.504 e. The zero-order chi connectivity index (χ0) is 17.5. The molecular formula is C17H17ClN2O3S. The Labute approximate surface area is 149 Å². The lowest BCUT2D eigenvalue weighted by Crippen LogP contribution is -2.26. The molecule has 0 aliphatic rings. The number of thioether (sulfide) groups is 1. The van der Waals surface area contributed by atoms with Gasteiger partial charge in [0.05, 0.1) is 18.6 Å². The van der Waals surface area contributed by atoms with Gasteiger partial charge in [-0.05, 0) is 55.0 Å². The first kappa shape index (κ1) is 18.2. The molecule has 0 radical (unpaired) electrons. The molecule has 0 bridgehead atoms. The smallest absolute Gasteiger partial charge is 0.253 e. The SMILES string of the molecule is COc1cc(/C=N\NC(=O)[C@@H](C)Sc2ccc(Cl)cc2)ccc1O. The molecule has 0 spiro atoms. The Hall–Kier alpha value is -2.18. The van der Waals surface area contributed by atoms with E-state index in [-0.39, 0.29) is 16.9 Å². The number of phenolic OH excluding ortho intramolecular Hbond substituents is 1. The van der Waals surface area contributed by atoms with Gasteiger partial charge in [-0.25, -0.2) is 5.43 Å². The van der Waals surface area contributed by atoms with E-state index in [0.717, 1.165) is 4.90 Å². The number of amides is 1. The Morgan fingerprint density at radius 2 is 2.04 bits per heavy atom. The van der Waals surface area contributed by atoms with Gasteiger partial charge >= 0.3 is 0 Å². The molecule has 1 atom stereocenters. The van der Waals surface area contributed by atoms with Crippen molar-refractivity contribution in [3.05, 3.63) is 53.1 Å². The van der Waals surface area contributed by atoms with E-state index < -0.39 is 0 Å². The number of carbonyl (C=O) groups excluding carboxylic acids is 1. The Morgan fingerprint density at radius 1 is 1.33 bits per heavy atom. The molecule has 2 aromatic rings. The van der Waals surface area contributed by atoms with Crippen LogP contribution < -0.4 is 10.2 Å². The molecule has 0 unspecified atom stereocenters. The normalized spacial score (nSPS) is 12.1. The highest BCUT2D eigenvalue weighted by Crippen LogP contribution is 2.26. The van der Waals surface area contributed by atoms with E-state index in [4.69, 9.17) is 16.3 Å². The van der Waals surface area contributed by atoms with Crippen LogP contribution in [0.15, 0.2) is 52.5 Å². The molecule has 2 aromatic carbocycles. The first-order valence-corrected chi connectivity index (χ1v) is 8.37. The van der Waals surface area contributed by atoms with Crippen molar-refractivity contribution >= 4 is 35.5 Å². The molecule has 0 aliphatic carbocycles. The van der Waals surface area contributed by atoms with Gasteiger partial charge < -0.3 is 9.84 Å². The van der Waals surface area contributed by atoms with Gasteiger partial charge in [0, 0.05) is 9.92 Å². The van der Waals surface area contributed by atoms with Gasteiger partial charge in [0.15, 0.2) is 11.5 Å². The van der Waals surface area contributed by atoms with Crippen molar-refractivity contribution < 1.29 is 14.6 Å². The van der Waals surface area contributed by atoms with E-state index in [1.807, 2.05) is 12.1 Å². The lowest BCUT2D eigenvalue weighted by Gasteiger charge is -2.09. The van der Waals surface area contributed by atoms with Crippen molar-refractivity contribution in [1.82, 2.24) is 5.43 Å². The Kier molecular flexibility index (Phi) is 6.52. The predicted octanol–water partition coefficient (Wildman–Crippen LogP) is 3.69. The number of rotatable bonds is 6. The standard InChI is InChI=1S/C17H17ClN2O3S/c1-11(24-14-6-4-13(18)5-7-14)17(22)20-19-10-12-3-8-15(21)16(9-12)23-2/h3-11,21H,1-2H3,(H,20,22)/b19-10-/t11-/m1/s1. The van der Waals surface area contributed by atoms with Crippen LogP contribution in [0.25, 0.3) is 0 Å². The van der Waals surface area contributed by atoms with Gasteiger partial charge in [-0.1, -0.05) is 11.6 Å². The lowest BCUT2D eigenvalue weighted by molar-refractivity contribution is -0.120. The molecule has 0 heterocycles. The summed E-state index contributed by atoms with van der Waals surface area (Å²) in [4.78, 5) is 13.0. The van der Waals surface area contributed by atoms with E-state index in [9.17, 15) is 9.90 Å². The van der Waals surface area contributed by atoms with Gasteiger partial charge in [-0.2, -0.15) is 5.10 Å². The van der Waals surface area contributed by atoms with E-state index in [2.05, 4.69) is 10.5 Å². The molecule has 7 heteroatoms. The van der Waals surface area contributed by atoms with Crippen molar-refractivity contribution in [2.75, 3.05) is 7.11 Å². The number of aromatic hydroxyl groups is 1. The molecule has 0 fully saturated rings. The van der Waals surface area contributed by atoms with Crippen molar-refractivity contribution in [3.8, 4) is 11.5 Å². The quantitative estimate of drug-likeness (QED) is 0.466. The number of ether oxygens (including phenoxy) is 1. The number of halogens is 1. The number of nitrogens with one attached hydrogen (secondary N) is 1. The minimum atomic E-state index is -0.308. The summed E-state index contributed by atoms with van der Waals surface area (Å²) in [5.41, 5.74) is 3.19. The van der Waals surface area contributed by atoms with E-state index >= 15 is 0 Å². The average molecular weight is 365 g/mol. The highest BCUT2D eigenvalue weighted by Gasteiger charge is 2.13. The second-order valence-electron chi connectivity index (χ2n) is 4.88. The van der Waals surface area contributed by atoms with E-state index in [1.165, 1.54) is 31.2 Å². The molecular weight excluding hydrogens is 348 g/mol. The second kappa shape index (κ2) is 8.61. The highest BCUT2D eigenvalue weighted by atomic mass is 35.5. The summed E-state index contributed by atoms with van der Waals surface area (Å²) in [5.74, 6) is 0.181. The molecule has 0 aromatic heterocycles. The van der Waals surface area contributed by atoms with Crippen molar-refractivity contribution in [2.45, 2.75) is 17.1 Å². The number of methoxy groups -OCH3 is 1. The number of hydrazone groups is 1. The largest absolute Gasteiger partial charge is 0.504 e. The number of hydrogen-bond donors (Lipinski definition) is 2. The van der Waals surface area contributed by atoms with Gasteiger partial charge in [0.2, 0.25) is 0 Å². The first-order valence-electron chi connectivity index (χ1n) is 7.11. The molecule has 2 rings (SSSR count). The minimum absolute atomic E-state index is 0.0478. The third kappa shape index (κ3) is 5.18. The van der Waals surface area contributed by atoms with Crippen LogP contribution in [0.1, 0.15) is 12.5 Å². The Balaban J connectivity index is 1.90. The maximum absolute atomic E-state index is 12.0. The first-order chi connectivity index (χ1) is 11.5. The molecule has 1 amide bonds. The summed E-state index contributed by atoms with van der Waals surface area (Å²) in [5, 5.41) is 13.8. The predicted molar refractivity (Wildman–Crippen MR) is 97.2 cm³/mol. The van der Waals surface area contributed by atoms with Crippen LogP contribution in [0.3, 0.4) is 0 Å². The Morgan fingerprint density at radius 3 is 2.71 bits per heavy atom. The molecule has 5 nitrogen and oxygen atoms in total. The van der Waals surface area contributed by atoms with Crippen LogP contribution in [0.2, 0.25) is 5.02 Å². The zero-order valence-corrected chi connectivity index (χ0v) is 14.8. The molecule has 0 saturated carbocycles. The third-order valence-electron chi connectivity index (χ3n) is 3.09. The maximum atomic E-state index is 12.0.